The number of halogens is 1. The molecule has 27 heavy (non-hydrogen) atoms. The van der Waals surface area contributed by atoms with Crippen LogP contribution in [0.15, 0.2) is 12.1 Å². The minimum absolute atomic E-state index is 0.0412. The molecule has 2 saturated carbocycles. The molecule has 1 heterocycles. The minimum Gasteiger partial charge on any atom is -0.353 e. The van der Waals surface area contributed by atoms with Gasteiger partial charge in [-0.1, -0.05) is 50.6 Å². The lowest BCUT2D eigenvalue weighted by Crippen LogP contribution is -2.45. The topological polar surface area (TPSA) is 58.2 Å². The van der Waals surface area contributed by atoms with Gasteiger partial charge in [0.05, 0.1) is 9.21 Å². The summed E-state index contributed by atoms with van der Waals surface area (Å²) in [6, 6.07) is 3.95. The van der Waals surface area contributed by atoms with Gasteiger partial charge < -0.3 is 10.6 Å². The van der Waals surface area contributed by atoms with Gasteiger partial charge in [0.25, 0.3) is 5.91 Å². The van der Waals surface area contributed by atoms with E-state index < -0.39 is 0 Å². The summed E-state index contributed by atoms with van der Waals surface area (Å²) in [5.74, 6) is 1.01. The molecule has 1 unspecified atom stereocenters. The van der Waals surface area contributed by atoms with Crippen LogP contribution >= 0.6 is 22.9 Å². The molecule has 0 aromatic carbocycles. The first-order valence-electron chi connectivity index (χ1n) is 10.4. The SMILES string of the molecule is CC(CC1CCCCC1)C(=O)NC1CCC(NC(=O)c2ccc(Cl)s2)CC1. The molecule has 3 rings (SSSR count). The second kappa shape index (κ2) is 9.92. The third-order valence-corrected chi connectivity index (χ3v) is 7.29. The van der Waals surface area contributed by atoms with E-state index in [2.05, 4.69) is 17.6 Å². The van der Waals surface area contributed by atoms with Gasteiger partial charge in [0.2, 0.25) is 5.91 Å². The Balaban J connectivity index is 1.37. The van der Waals surface area contributed by atoms with Gasteiger partial charge in [-0.2, -0.15) is 0 Å². The Hall–Kier alpha value is -1.07. The van der Waals surface area contributed by atoms with E-state index in [4.69, 9.17) is 11.6 Å². The van der Waals surface area contributed by atoms with E-state index in [0.29, 0.717) is 9.21 Å². The van der Waals surface area contributed by atoms with E-state index in [0.717, 1.165) is 38.0 Å². The van der Waals surface area contributed by atoms with E-state index in [-0.39, 0.29) is 29.8 Å². The van der Waals surface area contributed by atoms with Crippen LogP contribution < -0.4 is 10.6 Å². The van der Waals surface area contributed by atoms with Crippen molar-refractivity contribution in [3.8, 4) is 0 Å². The number of carbonyl (C=O) groups excluding carboxylic acids is 2. The second-order valence-corrected chi connectivity index (χ2v) is 9.99. The van der Waals surface area contributed by atoms with Crippen molar-refractivity contribution in [1.82, 2.24) is 10.6 Å². The van der Waals surface area contributed by atoms with Crippen molar-refractivity contribution in [2.24, 2.45) is 11.8 Å². The first-order chi connectivity index (χ1) is 13.0. The molecule has 2 N–H and O–H groups in total. The van der Waals surface area contributed by atoms with Crippen molar-refractivity contribution < 1.29 is 9.59 Å². The molecule has 2 amide bonds. The van der Waals surface area contributed by atoms with Crippen LogP contribution in [0.5, 0.6) is 0 Å². The van der Waals surface area contributed by atoms with Gasteiger partial charge in [-0.25, -0.2) is 0 Å². The third kappa shape index (κ3) is 6.21. The molecule has 0 aliphatic heterocycles. The minimum atomic E-state index is -0.0412. The van der Waals surface area contributed by atoms with Gasteiger partial charge >= 0.3 is 0 Å². The monoisotopic (exact) mass is 410 g/mol. The number of thiophene rings is 1. The largest absolute Gasteiger partial charge is 0.353 e. The molecular weight excluding hydrogens is 380 g/mol. The number of nitrogens with one attached hydrogen (secondary N) is 2. The van der Waals surface area contributed by atoms with Gasteiger partial charge in [-0.05, 0) is 50.2 Å². The Labute approximate surface area is 171 Å². The molecule has 1 atom stereocenters. The predicted molar refractivity (Wildman–Crippen MR) is 111 cm³/mol. The van der Waals surface area contributed by atoms with Gasteiger partial charge in [0.15, 0.2) is 0 Å². The number of hydrogen-bond acceptors (Lipinski definition) is 3. The molecule has 150 valence electrons. The summed E-state index contributed by atoms with van der Waals surface area (Å²) >= 11 is 7.21. The van der Waals surface area contributed by atoms with Gasteiger partial charge in [0, 0.05) is 18.0 Å². The molecule has 0 bridgehead atoms. The maximum atomic E-state index is 12.5. The Morgan fingerprint density at radius 3 is 2.26 bits per heavy atom. The Morgan fingerprint density at radius 2 is 1.67 bits per heavy atom. The average molecular weight is 411 g/mol. The lowest BCUT2D eigenvalue weighted by molar-refractivity contribution is -0.126. The summed E-state index contributed by atoms with van der Waals surface area (Å²) in [4.78, 5) is 25.4. The van der Waals surface area contributed by atoms with E-state index in [1.54, 1.807) is 12.1 Å². The lowest BCUT2D eigenvalue weighted by atomic mass is 9.83. The van der Waals surface area contributed by atoms with Crippen LogP contribution in [-0.4, -0.2) is 23.9 Å². The first kappa shape index (κ1) is 20.7. The zero-order valence-corrected chi connectivity index (χ0v) is 17.7. The summed E-state index contributed by atoms with van der Waals surface area (Å²) in [5, 5.41) is 6.35. The van der Waals surface area contributed by atoms with Crippen molar-refractivity contribution in [3.05, 3.63) is 21.3 Å². The van der Waals surface area contributed by atoms with E-state index in [1.807, 2.05) is 0 Å². The quantitative estimate of drug-likeness (QED) is 0.679. The fraction of sp³-hybridized carbons (Fsp3) is 0.714. The zero-order valence-electron chi connectivity index (χ0n) is 16.1. The molecule has 2 aliphatic carbocycles. The van der Waals surface area contributed by atoms with Crippen LogP contribution in [0.2, 0.25) is 4.34 Å². The first-order valence-corrected chi connectivity index (χ1v) is 11.6. The summed E-state index contributed by atoms with van der Waals surface area (Å²) in [7, 11) is 0. The lowest BCUT2D eigenvalue weighted by Gasteiger charge is -2.31. The van der Waals surface area contributed by atoms with Crippen molar-refractivity contribution in [2.45, 2.75) is 83.2 Å². The predicted octanol–water partition coefficient (Wildman–Crippen LogP) is 5.17. The fourth-order valence-corrected chi connectivity index (χ4v) is 5.39. The van der Waals surface area contributed by atoms with Crippen LogP contribution in [0.1, 0.15) is 80.8 Å². The summed E-state index contributed by atoms with van der Waals surface area (Å²) in [5.41, 5.74) is 0. The highest BCUT2D eigenvalue weighted by molar-refractivity contribution is 7.18. The average Bonchev–Trinajstić information content (AvgIpc) is 3.10. The number of amides is 2. The molecule has 1 aromatic rings. The highest BCUT2D eigenvalue weighted by Gasteiger charge is 2.27. The number of carbonyl (C=O) groups is 2. The molecule has 1 aromatic heterocycles. The highest BCUT2D eigenvalue weighted by Crippen LogP contribution is 2.29. The summed E-state index contributed by atoms with van der Waals surface area (Å²) in [6.07, 6.45) is 11.3. The van der Waals surface area contributed by atoms with Crippen molar-refractivity contribution in [3.63, 3.8) is 0 Å². The Kier molecular flexibility index (Phi) is 7.59. The molecule has 4 nitrogen and oxygen atoms in total. The highest BCUT2D eigenvalue weighted by atomic mass is 35.5. The van der Waals surface area contributed by atoms with Crippen molar-refractivity contribution in [2.75, 3.05) is 0 Å². The van der Waals surface area contributed by atoms with Crippen LogP contribution in [0.3, 0.4) is 0 Å². The van der Waals surface area contributed by atoms with Crippen LogP contribution in [0, 0.1) is 11.8 Å². The van der Waals surface area contributed by atoms with E-state index >= 15 is 0 Å². The summed E-state index contributed by atoms with van der Waals surface area (Å²) < 4.78 is 0.633. The Morgan fingerprint density at radius 1 is 1.04 bits per heavy atom. The molecule has 2 fully saturated rings. The van der Waals surface area contributed by atoms with E-state index in [9.17, 15) is 9.59 Å². The van der Waals surface area contributed by atoms with Crippen LogP contribution in [0.4, 0.5) is 0 Å². The normalized spacial score (nSPS) is 25.0. The molecule has 2 aliphatic rings. The second-order valence-electron chi connectivity index (χ2n) is 8.28. The Bertz CT molecular complexity index is 634. The number of hydrogen-bond donors (Lipinski definition) is 2. The fourth-order valence-electron chi connectivity index (χ4n) is 4.45. The van der Waals surface area contributed by atoms with Crippen LogP contribution in [0.25, 0.3) is 0 Å². The molecular formula is C21H31ClN2O2S. The van der Waals surface area contributed by atoms with Crippen molar-refractivity contribution >= 4 is 34.8 Å². The number of rotatable bonds is 6. The van der Waals surface area contributed by atoms with Crippen molar-refractivity contribution in [1.29, 1.82) is 0 Å². The van der Waals surface area contributed by atoms with Gasteiger partial charge in [-0.15, -0.1) is 11.3 Å². The third-order valence-electron chi connectivity index (χ3n) is 6.06. The maximum Gasteiger partial charge on any atom is 0.261 e. The smallest absolute Gasteiger partial charge is 0.261 e. The summed E-state index contributed by atoms with van der Waals surface area (Å²) in [6.45, 7) is 2.07. The zero-order chi connectivity index (χ0) is 19.2. The van der Waals surface area contributed by atoms with E-state index in [1.165, 1.54) is 43.4 Å². The molecule has 0 spiro atoms. The molecule has 0 saturated heterocycles. The van der Waals surface area contributed by atoms with Gasteiger partial charge in [0.1, 0.15) is 0 Å². The molecule has 0 radical (unpaired) electrons. The van der Waals surface area contributed by atoms with Gasteiger partial charge in [-0.3, -0.25) is 9.59 Å². The standard InChI is InChI=1S/C21H31ClN2O2S/c1-14(13-15-5-3-2-4-6-15)20(25)23-16-7-9-17(10-8-16)24-21(26)18-11-12-19(22)27-18/h11-12,14-17H,2-10,13H2,1H3,(H,23,25)(H,24,26). The molecule has 6 heteroatoms. The van der Waals surface area contributed by atoms with Crippen LogP contribution in [-0.2, 0) is 4.79 Å². The maximum absolute atomic E-state index is 12.5.